The van der Waals surface area contributed by atoms with Crippen LogP contribution in [0.25, 0.3) is 0 Å². The van der Waals surface area contributed by atoms with Gasteiger partial charge in [-0.1, -0.05) is 15.9 Å². The first kappa shape index (κ1) is 15.8. The third-order valence-corrected chi connectivity index (χ3v) is 3.79. The summed E-state index contributed by atoms with van der Waals surface area (Å²) in [5.41, 5.74) is 0.133. The Labute approximate surface area is 125 Å². The summed E-state index contributed by atoms with van der Waals surface area (Å²) in [6, 6.07) is 4.12. The highest BCUT2D eigenvalue weighted by Crippen LogP contribution is 2.32. The molecule has 0 aliphatic carbocycles. The quantitative estimate of drug-likeness (QED) is 0.819. The topological polar surface area (TPSA) is 12.5 Å². The molecular weight excluding hydrogens is 335 g/mol. The summed E-state index contributed by atoms with van der Waals surface area (Å²) < 4.78 is 43.9. The van der Waals surface area contributed by atoms with Crippen molar-refractivity contribution in [1.29, 1.82) is 0 Å². The maximum absolute atomic E-state index is 12.7. The van der Waals surface area contributed by atoms with Crippen LogP contribution in [-0.2, 0) is 17.3 Å². The molecule has 0 spiro atoms. The zero-order valence-corrected chi connectivity index (χ0v) is 12.6. The molecule has 1 heterocycles. The van der Waals surface area contributed by atoms with Gasteiger partial charge in [-0.3, -0.25) is 4.90 Å². The predicted octanol–water partition coefficient (Wildman–Crippen LogP) is 3.73. The van der Waals surface area contributed by atoms with Gasteiger partial charge in [0.25, 0.3) is 0 Å². The third-order valence-electron chi connectivity index (χ3n) is 3.33. The van der Waals surface area contributed by atoms with Gasteiger partial charge in [-0.2, -0.15) is 13.2 Å². The fourth-order valence-electron chi connectivity index (χ4n) is 2.29. The van der Waals surface area contributed by atoms with Crippen LogP contribution in [0.15, 0.2) is 22.7 Å². The Bertz CT molecular complexity index is 445. The fourth-order valence-corrected chi connectivity index (χ4v) is 2.83. The number of benzene rings is 1. The first-order chi connectivity index (χ1) is 9.45. The molecule has 0 amide bonds. The van der Waals surface area contributed by atoms with E-state index in [1.54, 1.807) is 6.07 Å². The summed E-state index contributed by atoms with van der Waals surface area (Å²) in [6.07, 6.45) is -2.78. The molecule has 2 nitrogen and oxygen atoms in total. The Morgan fingerprint density at radius 2 is 1.85 bits per heavy atom. The number of hydrogen-bond acceptors (Lipinski definition) is 2. The average molecular weight is 352 g/mol. The molecular formula is C14H17BrF3NO. The van der Waals surface area contributed by atoms with Crippen LogP contribution < -0.4 is 0 Å². The highest BCUT2D eigenvalue weighted by Gasteiger charge is 2.30. The molecule has 0 unspecified atom stereocenters. The van der Waals surface area contributed by atoms with Gasteiger partial charge in [0.05, 0.1) is 18.8 Å². The highest BCUT2D eigenvalue weighted by molar-refractivity contribution is 9.10. The fraction of sp³-hybridized carbons (Fsp3) is 0.571. The molecule has 0 radical (unpaired) electrons. The molecule has 0 atom stereocenters. The number of hydrogen-bond donors (Lipinski definition) is 0. The van der Waals surface area contributed by atoms with Gasteiger partial charge in [-0.05, 0) is 43.1 Å². The number of morpholine rings is 1. The van der Waals surface area contributed by atoms with Crippen molar-refractivity contribution in [1.82, 2.24) is 4.90 Å². The van der Waals surface area contributed by atoms with Crippen LogP contribution in [0.4, 0.5) is 13.2 Å². The van der Waals surface area contributed by atoms with Gasteiger partial charge in [0.15, 0.2) is 0 Å². The lowest BCUT2D eigenvalue weighted by Gasteiger charge is -2.26. The van der Waals surface area contributed by atoms with Crippen molar-refractivity contribution in [3.05, 3.63) is 33.8 Å². The number of nitrogens with zero attached hydrogens (tertiary/aromatic N) is 1. The molecule has 0 bridgehead atoms. The van der Waals surface area contributed by atoms with Crippen molar-refractivity contribution in [2.45, 2.75) is 19.0 Å². The minimum atomic E-state index is -4.29. The van der Waals surface area contributed by atoms with Crippen LogP contribution in [0.3, 0.4) is 0 Å². The molecule has 1 aliphatic heterocycles. The van der Waals surface area contributed by atoms with Gasteiger partial charge < -0.3 is 4.74 Å². The Hall–Kier alpha value is -0.590. The lowest BCUT2D eigenvalue weighted by atomic mass is 10.1. The van der Waals surface area contributed by atoms with Crippen molar-refractivity contribution >= 4 is 15.9 Å². The second-order valence-corrected chi connectivity index (χ2v) is 5.82. The molecule has 0 saturated carbocycles. The van der Waals surface area contributed by atoms with E-state index in [9.17, 15) is 13.2 Å². The Kier molecular flexibility index (Phi) is 5.46. The van der Waals surface area contributed by atoms with Gasteiger partial charge in [0.1, 0.15) is 0 Å². The monoisotopic (exact) mass is 351 g/mol. The molecule has 1 aromatic rings. The standard InChI is InChI=1S/C14H17BrF3NO/c15-13-9-11(8-12(10-13)14(16,17)18)2-1-3-19-4-6-20-7-5-19/h8-10H,1-7H2. The van der Waals surface area contributed by atoms with Crippen molar-refractivity contribution in [2.24, 2.45) is 0 Å². The van der Waals surface area contributed by atoms with Gasteiger partial charge >= 0.3 is 6.18 Å². The van der Waals surface area contributed by atoms with Crippen molar-refractivity contribution in [2.75, 3.05) is 32.8 Å². The smallest absolute Gasteiger partial charge is 0.379 e. The van der Waals surface area contributed by atoms with Gasteiger partial charge in [-0.25, -0.2) is 0 Å². The minimum absolute atomic E-state index is 0.480. The largest absolute Gasteiger partial charge is 0.416 e. The Balaban J connectivity index is 1.90. The summed E-state index contributed by atoms with van der Waals surface area (Å²) in [4.78, 5) is 2.28. The van der Waals surface area contributed by atoms with E-state index in [4.69, 9.17) is 4.74 Å². The second-order valence-electron chi connectivity index (χ2n) is 4.90. The van der Waals surface area contributed by atoms with Gasteiger partial charge in [0.2, 0.25) is 0 Å². The average Bonchev–Trinajstić information content (AvgIpc) is 2.38. The van der Waals surface area contributed by atoms with E-state index in [1.807, 2.05) is 0 Å². The van der Waals surface area contributed by atoms with Crippen molar-refractivity contribution in [3.63, 3.8) is 0 Å². The van der Waals surface area contributed by atoms with E-state index in [2.05, 4.69) is 20.8 Å². The van der Waals surface area contributed by atoms with Crippen LogP contribution in [-0.4, -0.2) is 37.7 Å². The van der Waals surface area contributed by atoms with Crippen LogP contribution in [0, 0.1) is 0 Å². The van der Waals surface area contributed by atoms with E-state index in [0.717, 1.165) is 50.9 Å². The molecule has 20 heavy (non-hydrogen) atoms. The molecule has 6 heteroatoms. The van der Waals surface area contributed by atoms with E-state index in [-0.39, 0.29) is 0 Å². The van der Waals surface area contributed by atoms with E-state index < -0.39 is 11.7 Å². The number of halogens is 4. The molecule has 2 rings (SSSR count). The molecule has 0 N–H and O–H groups in total. The number of aryl methyl sites for hydroxylation is 1. The minimum Gasteiger partial charge on any atom is -0.379 e. The normalized spacial score (nSPS) is 17.4. The third kappa shape index (κ3) is 4.75. The molecule has 1 fully saturated rings. The van der Waals surface area contributed by atoms with E-state index in [1.165, 1.54) is 6.07 Å². The first-order valence-corrected chi connectivity index (χ1v) is 7.41. The maximum Gasteiger partial charge on any atom is 0.416 e. The second kappa shape index (κ2) is 6.91. The predicted molar refractivity (Wildman–Crippen MR) is 74.7 cm³/mol. The number of rotatable bonds is 4. The highest BCUT2D eigenvalue weighted by atomic mass is 79.9. The molecule has 1 aliphatic rings. The van der Waals surface area contributed by atoms with Crippen LogP contribution in [0.1, 0.15) is 17.5 Å². The summed E-state index contributed by atoms with van der Waals surface area (Å²) in [5.74, 6) is 0. The lowest BCUT2D eigenvalue weighted by molar-refractivity contribution is -0.137. The zero-order chi connectivity index (χ0) is 14.6. The van der Waals surface area contributed by atoms with Crippen molar-refractivity contribution in [3.8, 4) is 0 Å². The van der Waals surface area contributed by atoms with E-state index >= 15 is 0 Å². The molecule has 1 saturated heterocycles. The molecule has 0 aromatic heterocycles. The maximum atomic E-state index is 12.7. The summed E-state index contributed by atoms with van der Waals surface area (Å²) >= 11 is 3.15. The van der Waals surface area contributed by atoms with Gasteiger partial charge in [0, 0.05) is 17.6 Å². The Morgan fingerprint density at radius 3 is 2.50 bits per heavy atom. The van der Waals surface area contributed by atoms with Gasteiger partial charge in [-0.15, -0.1) is 0 Å². The first-order valence-electron chi connectivity index (χ1n) is 6.62. The SMILES string of the molecule is FC(F)(F)c1cc(Br)cc(CCCN2CCOCC2)c1. The number of ether oxygens (including phenoxy) is 1. The van der Waals surface area contributed by atoms with Crippen LogP contribution in [0.2, 0.25) is 0 Å². The van der Waals surface area contributed by atoms with E-state index in [0.29, 0.717) is 10.9 Å². The number of alkyl halides is 3. The summed E-state index contributed by atoms with van der Waals surface area (Å²) in [5, 5.41) is 0. The van der Waals surface area contributed by atoms with Crippen molar-refractivity contribution < 1.29 is 17.9 Å². The molecule has 1 aromatic carbocycles. The summed E-state index contributed by atoms with van der Waals surface area (Å²) in [7, 11) is 0. The zero-order valence-electron chi connectivity index (χ0n) is 11.0. The Morgan fingerprint density at radius 1 is 1.15 bits per heavy atom. The molecule has 112 valence electrons. The lowest BCUT2D eigenvalue weighted by Crippen LogP contribution is -2.36. The van der Waals surface area contributed by atoms with Crippen LogP contribution >= 0.6 is 15.9 Å². The summed E-state index contributed by atoms with van der Waals surface area (Å²) in [6.45, 7) is 4.21. The van der Waals surface area contributed by atoms with Crippen LogP contribution in [0.5, 0.6) is 0 Å².